The van der Waals surface area contributed by atoms with Crippen molar-refractivity contribution < 1.29 is 9.90 Å². The molecule has 2 rings (SSSR count). The van der Waals surface area contributed by atoms with Gasteiger partial charge in [0, 0.05) is 13.1 Å². The third-order valence-corrected chi connectivity index (χ3v) is 4.04. The van der Waals surface area contributed by atoms with Crippen LogP contribution in [0.25, 0.3) is 0 Å². The van der Waals surface area contributed by atoms with Crippen LogP contribution in [0.1, 0.15) is 35.0 Å². The van der Waals surface area contributed by atoms with Gasteiger partial charge in [-0.3, -0.25) is 0 Å². The van der Waals surface area contributed by atoms with Gasteiger partial charge < -0.3 is 15.3 Å². The van der Waals surface area contributed by atoms with Gasteiger partial charge >= 0.3 is 5.97 Å². The summed E-state index contributed by atoms with van der Waals surface area (Å²) in [5.41, 5.74) is 1.57. The third kappa shape index (κ3) is 3.07. The minimum atomic E-state index is -0.954. The van der Waals surface area contributed by atoms with E-state index in [9.17, 15) is 9.90 Å². The van der Waals surface area contributed by atoms with Crippen molar-refractivity contribution in [2.24, 2.45) is 5.92 Å². The molecule has 6 nitrogen and oxygen atoms in total. The van der Waals surface area contributed by atoms with Crippen LogP contribution in [-0.2, 0) is 0 Å². The Hall–Kier alpha value is -1.69. The molecule has 6 heteroatoms. The van der Waals surface area contributed by atoms with Crippen molar-refractivity contribution in [1.29, 1.82) is 0 Å². The van der Waals surface area contributed by atoms with E-state index in [2.05, 4.69) is 27.3 Å². The van der Waals surface area contributed by atoms with E-state index in [1.807, 2.05) is 0 Å². The molecule has 1 atom stereocenters. The van der Waals surface area contributed by atoms with Gasteiger partial charge in [-0.2, -0.15) is 5.10 Å². The van der Waals surface area contributed by atoms with Gasteiger partial charge in [0.05, 0.1) is 5.69 Å². The highest BCUT2D eigenvalue weighted by Crippen LogP contribution is 2.21. The van der Waals surface area contributed by atoms with Crippen molar-refractivity contribution in [3.8, 4) is 0 Å². The first-order chi connectivity index (χ1) is 9.52. The maximum atomic E-state index is 11.4. The van der Waals surface area contributed by atoms with E-state index in [-0.39, 0.29) is 5.56 Å². The fraction of sp³-hybridized carbons (Fsp3) is 0.643. The predicted molar refractivity (Wildman–Crippen MR) is 77.2 cm³/mol. The molecule has 0 radical (unpaired) electrons. The number of nitrogens with one attached hydrogen (secondary N) is 1. The van der Waals surface area contributed by atoms with Gasteiger partial charge in [0.1, 0.15) is 5.56 Å². The molecule has 0 aromatic carbocycles. The number of aryl methyl sites for hydroxylation is 1. The van der Waals surface area contributed by atoms with Crippen LogP contribution in [0.15, 0.2) is 0 Å². The Morgan fingerprint density at radius 1 is 1.45 bits per heavy atom. The number of carboxylic acids is 1. The zero-order valence-corrected chi connectivity index (χ0v) is 12.3. The molecule has 2 heterocycles. The van der Waals surface area contributed by atoms with Gasteiger partial charge in [-0.1, -0.05) is 6.92 Å². The lowest BCUT2D eigenvalue weighted by Gasteiger charge is -2.15. The number of rotatable bonds is 5. The smallest absolute Gasteiger partial charge is 0.339 e. The van der Waals surface area contributed by atoms with Crippen LogP contribution in [0.5, 0.6) is 0 Å². The van der Waals surface area contributed by atoms with Crippen LogP contribution in [0.2, 0.25) is 0 Å². The molecule has 1 unspecified atom stereocenters. The number of anilines is 1. The number of carbonyl (C=O) groups is 1. The van der Waals surface area contributed by atoms with Crippen molar-refractivity contribution in [1.82, 2.24) is 15.1 Å². The molecule has 1 aliphatic heterocycles. The van der Waals surface area contributed by atoms with E-state index >= 15 is 0 Å². The zero-order valence-electron chi connectivity index (χ0n) is 12.3. The maximum Gasteiger partial charge on any atom is 0.339 e. The number of hydrogen-bond donors (Lipinski definition) is 2. The van der Waals surface area contributed by atoms with Gasteiger partial charge in [0.2, 0.25) is 0 Å². The van der Waals surface area contributed by atoms with Crippen LogP contribution in [0.3, 0.4) is 0 Å². The minimum absolute atomic E-state index is 0.239. The first kappa shape index (κ1) is 14.7. The SMILES string of the molecule is CCN1CCC(CNc2nnc(C)c(C)c2C(=O)O)C1. The maximum absolute atomic E-state index is 11.4. The predicted octanol–water partition coefficient (Wildman–Crippen LogP) is 1.55. The summed E-state index contributed by atoms with van der Waals surface area (Å²) in [6.45, 7) is 9.69. The lowest BCUT2D eigenvalue weighted by atomic mass is 10.1. The first-order valence-corrected chi connectivity index (χ1v) is 7.06. The van der Waals surface area contributed by atoms with Crippen LogP contribution in [-0.4, -0.2) is 52.4 Å². The lowest BCUT2D eigenvalue weighted by Crippen LogP contribution is -2.23. The average molecular weight is 278 g/mol. The number of nitrogens with zero attached hydrogens (tertiary/aromatic N) is 3. The summed E-state index contributed by atoms with van der Waals surface area (Å²) in [5.74, 6) is -0.0276. The fourth-order valence-corrected chi connectivity index (χ4v) is 2.60. The Morgan fingerprint density at radius 3 is 2.80 bits per heavy atom. The van der Waals surface area contributed by atoms with Crippen LogP contribution in [0.4, 0.5) is 5.82 Å². The highest BCUT2D eigenvalue weighted by Gasteiger charge is 2.23. The van der Waals surface area contributed by atoms with Gasteiger partial charge in [-0.25, -0.2) is 4.79 Å². The molecule has 0 bridgehead atoms. The van der Waals surface area contributed by atoms with Crippen molar-refractivity contribution >= 4 is 11.8 Å². The minimum Gasteiger partial charge on any atom is -0.478 e. The van der Waals surface area contributed by atoms with E-state index in [4.69, 9.17) is 0 Å². The van der Waals surface area contributed by atoms with E-state index in [1.54, 1.807) is 13.8 Å². The molecule has 1 saturated heterocycles. The lowest BCUT2D eigenvalue weighted by molar-refractivity contribution is 0.0696. The number of hydrogen-bond acceptors (Lipinski definition) is 5. The molecule has 1 aromatic rings. The summed E-state index contributed by atoms with van der Waals surface area (Å²) in [6.07, 6.45) is 1.14. The molecular weight excluding hydrogens is 256 g/mol. The average Bonchev–Trinajstić information content (AvgIpc) is 2.87. The van der Waals surface area contributed by atoms with Gasteiger partial charge in [0.25, 0.3) is 0 Å². The number of aromatic nitrogens is 2. The monoisotopic (exact) mass is 278 g/mol. The van der Waals surface area contributed by atoms with Gasteiger partial charge in [-0.15, -0.1) is 5.10 Å². The Morgan fingerprint density at radius 2 is 2.20 bits per heavy atom. The van der Waals surface area contributed by atoms with Crippen LogP contribution < -0.4 is 5.32 Å². The van der Waals surface area contributed by atoms with Crippen molar-refractivity contribution in [2.45, 2.75) is 27.2 Å². The van der Waals surface area contributed by atoms with E-state index in [0.29, 0.717) is 23.0 Å². The standard InChI is InChI=1S/C14H22N4O2/c1-4-18-6-5-11(8-18)7-15-13-12(14(19)20)9(2)10(3)16-17-13/h11H,4-8H2,1-3H3,(H,15,17)(H,19,20). The van der Waals surface area contributed by atoms with Crippen molar-refractivity contribution in [3.63, 3.8) is 0 Å². The van der Waals surface area contributed by atoms with E-state index in [0.717, 1.165) is 32.6 Å². The van der Waals surface area contributed by atoms with E-state index in [1.165, 1.54) is 0 Å². The second-order valence-electron chi connectivity index (χ2n) is 5.37. The Bertz CT molecular complexity index is 504. The number of aromatic carboxylic acids is 1. The molecule has 0 spiro atoms. The Kier molecular flexibility index (Phi) is 4.54. The highest BCUT2D eigenvalue weighted by atomic mass is 16.4. The fourth-order valence-electron chi connectivity index (χ4n) is 2.60. The van der Waals surface area contributed by atoms with Crippen molar-refractivity contribution in [3.05, 3.63) is 16.8 Å². The van der Waals surface area contributed by atoms with E-state index < -0.39 is 5.97 Å². The molecule has 0 amide bonds. The quantitative estimate of drug-likeness (QED) is 0.850. The zero-order chi connectivity index (χ0) is 14.7. The molecule has 1 aromatic heterocycles. The largest absolute Gasteiger partial charge is 0.478 e. The molecule has 0 saturated carbocycles. The second-order valence-corrected chi connectivity index (χ2v) is 5.37. The molecule has 20 heavy (non-hydrogen) atoms. The number of carboxylic acid groups (broad SMARTS) is 1. The summed E-state index contributed by atoms with van der Waals surface area (Å²) < 4.78 is 0. The van der Waals surface area contributed by atoms with Gasteiger partial charge in [-0.05, 0) is 44.8 Å². The summed E-state index contributed by atoms with van der Waals surface area (Å²) in [4.78, 5) is 13.8. The second kappa shape index (κ2) is 6.17. The molecule has 0 aliphatic carbocycles. The Labute approximate surface area is 119 Å². The molecule has 1 fully saturated rings. The van der Waals surface area contributed by atoms with Crippen LogP contribution >= 0.6 is 0 Å². The normalized spacial score (nSPS) is 19.2. The summed E-state index contributed by atoms with van der Waals surface area (Å²) >= 11 is 0. The molecule has 2 N–H and O–H groups in total. The summed E-state index contributed by atoms with van der Waals surface area (Å²) in [6, 6.07) is 0. The van der Waals surface area contributed by atoms with Gasteiger partial charge in [0.15, 0.2) is 5.82 Å². The topological polar surface area (TPSA) is 78.3 Å². The molecular formula is C14H22N4O2. The third-order valence-electron chi connectivity index (χ3n) is 4.04. The summed E-state index contributed by atoms with van der Waals surface area (Å²) in [7, 11) is 0. The first-order valence-electron chi connectivity index (χ1n) is 7.06. The molecule has 1 aliphatic rings. The number of likely N-dealkylation sites (tertiary alicyclic amines) is 1. The summed E-state index contributed by atoms with van der Waals surface area (Å²) in [5, 5.41) is 20.5. The highest BCUT2D eigenvalue weighted by molar-refractivity contribution is 5.94. The Balaban J connectivity index is 2.06. The van der Waals surface area contributed by atoms with Crippen LogP contribution in [0, 0.1) is 19.8 Å². The molecule has 110 valence electrons. The van der Waals surface area contributed by atoms with Crippen molar-refractivity contribution in [2.75, 3.05) is 31.5 Å².